The Morgan fingerprint density at radius 2 is 1.45 bits per heavy atom. The van der Waals surface area contributed by atoms with Gasteiger partial charge >= 0.3 is 0 Å². The van der Waals surface area contributed by atoms with Crippen molar-refractivity contribution in [2.75, 3.05) is 0 Å². The van der Waals surface area contributed by atoms with Crippen molar-refractivity contribution >= 4 is 39.5 Å². The molecule has 0 aliphatic carbocycles. The first kappa shape index (κ1) is 20.6. The molecule has 0 bridgehead atoms. The Balaban J connectivity index is 1.35. The van der Waals surface area contributed by atoms with Crippen LogP contribution in [0.3, 0.4) is 0 Å². The Kier molecular flexibility index (Phi) is 5.01. The molecule has 7 heteroatoms. The van der Waals surface area contributed by atoms with Gasteiger partial charge in [0.25, 0.3) is 11.8 Å². The molecule has 0 unspecified atom stereocenters. The monoisotopic (exact) mass is 439 g/mol. The average molecular weight is 439 g/mol. The van der Waals surface area contributed by atoms with E-state index in [0.717, 1.165) is 21.6 Å². The number of benzene rings is 3. The number of pyridine rings is 1. The molecule has 164 valence electrons. The Morgan fingerprint density at radius 3 is 2.18 bits per heavy atom. The second kappa shape index (κ2) is 8.02. The molecule has 0 atom stereocenters. The van der Waals surface area contributed by atoms with E-state index < -0.39 is 17.7 Å². The average Bonchev–Trinajstić information content (AvgIpc) is 3.06. The maximum Gasteiger partial charge on any atom is 0.280 e. The van der Waals surface area contributed by atoms with E-state index in [9.17, 15) is 19.2 Å². The molecule has 1 N–H and O–H groups in total. The van der Waals surface area contributed by atoms with Gasteiger partial charge in [0.1, 0.15) is 0 Å². The molecule has 5 rings (SSSR count). The van der Waals surface area contributed by atoms with E-state index in [1.165, 1.54) is 0 Å². The molecule has 7 nitrogen and oxygen atoms in total. The fraction of sp³-hybridized carbons (Fsp3) is 0.154. The van der Waals surface area contributed by atoms with Crippen molar-refractivity contribution < 1.29 is 14.4 Å². The molecule has 3 amide bonds. The molecule has 1 aliphatic rings. The summed E-state index contributed by atoms with van der Waals surface area (Å²) in [6.07, 6.45) is 0.575. The van der Waals surface area contributed by atoms with E-state index in [4.69, 9.17) is 0 Å². The van der Waals surface area contributed by atoms with Gasteiger partial charge in [-0.25, -0.2) is 0 Å². The molecule has 0 radical (unpaired) electrons. The number of hydrazine groups is 1. The zero-order chi connectivity index (χ0) is 23.1. The Bertz CT molecular complexity index is 1480. The molecule has 2 heterocycles. The molecule has 0 saturated heterocycles. The number of amides is 3. The third kappa shape index (κ3) is 3.47. The van der Waals surface area contributed by atoms with Crippen LogP contribution in [0.25, 0.3) is 21.8 Å². The lowest BCUT2D eigenvalue weighted by molar-refractivity contribution is -0.124. The van der Waals surface area contributed by atoms with Crippen LogP contribution in [-0.4, -0.2) is 27.3 Å². The van der Waals surface area contributed by atoms with E-state index >= 15 is 0 Å². The van der Waals surface area contributed by atoms with Crippen LogP contribution in [0.15, 0.2) is 71.5 Å². The SMILES string of the molecule is Cc1ccc2c(c1)c(=O)c1ccccc1n2CCCC(=O)NN1C(=O)c2ccccc2C1=O. The number of hydrogen-bond donors (Lipinski definition) is 1. The minimum atomic E-state index is -0.531. The van der Waals surface area contributed by atoms with Crippen LogP contribution in [0, 0.1) is 6.92 Å². The zero-order valence-electron chi connectivity index (χ0n) is 18.0. The molecule has 1 aliphatic heterocycles. The van der Waals surface area contributed by atoms with E-state index in [0.29, 0.717) is 23.7 Å². The first-order valence-electron chi connectivity index (χ1n) is 10.7. The summed E-state index contributed by atoms with van der Waals surface area (Å²) in [5, 5.41) is 2.05. The summed E-state index contributed by atoms with van der Waals surface area (Å²) in [4.78, 5) is 50.4. The highest BCUT2D eigenvalue weighted by molar-refractivity contribution is 6.21. The molecule has 33 heavy (non-hydrogen) atoms. The standard InChI is InChI=1S/C26H21N3O4/c1-16-12-13-22-20(15-16)24(31)19-9-4-5-10-21(19)28(22)14-6-11-23(30)27-29-25(32)17-7-2-3-8-18(17)26(29)33/h2-5,7-10,12-13,15H,6,11,14H2,1H3,(H,27,30). The number of imide groups is 1. The van der Waals surface area contributed by atoms with Crippen molar-refractivity contribution in [1.82, 2.24) is 15.0 Å². The van der Waals surface area contributed by atoms with E-state index in [-0.39, 0.29) is 23.0 Å². The molecule has 0 saturated carbocycles. The summed E-state index contributed by atoms with van der Waals surface area (Å²) in [5.74, 6) is -1.48. The summed E-state index contributed by atoms with van der Waals surface area (Å²) < 4.78 is 2.04. The number of carbonyl (C=O) groups is 3. The van der Waals surface area contributed by atoms with Gasteiger partial charge in [-0.1, -0.05) is 35.9 Å². The fourth-order valence-electron chi connectivity index (χ4n) is 4.35. The normalized spacial score (nSPS) is 13.1. The number of carbonyl (C=O) groups excluding carboxylic acids is 3. The topological polar surface area (TPSA) is 88.5 Å². The lowest BCUT2D eigenvalue weighted by Gasteiger charge is -2.17. The highest BCUT2D eigenvalue weighted by atomic mass is 16.2. The summed E-state index contributed by atoms with van der Waals surface area (Å²) >= 11 is 0. The van der Waals surface area contributed by atoms with Gasteiger partial charge in [-0.15, -0.1) is 0 Å². The quantitative estimate of drug-likeness (QED) is 0.380. The van der Waals surface area contributed by atoms with Crippen molar-refractivity contribution in [2.45, 2.75) is 26.3 Å². The van der Waals surface area contributed by atoms with E-state index in [2.05, 4.69) is 5.43 Å². The fourth-order valence-corrected chi connectivity index (χ4v) is 4.35. The van der Waals surface area contributed by atoms with Gasteiger partial charge in [-0.2, -0.15) is 5.01 Å². The number of para-hydroxylation sites is 1. The number of nitrogens with zero attached hydrogens (tertiary/aromatic N) is 2. The first-order valence-corrected chi connectivity index (χ1v) is 10.7. The van der Waals surface area contributed by atoms with E-state index in [1.807, 2.05) is 54.0 Å². The van der Waals surface area contributed by atoms with Gasteiger partial charge in [-0.3, -0.25) is 24.6 Å². The number of nitrogens with one attached hydrogen (secondary N) is 1. The summed E-state index contributed by atoms with van der Waals surface area (Å²) in [6.45, 7) is 2.44. The Hall–Kier alpha value is -4.26. The van der Waals surface area contributed by atoms with Gasteiger partial charge in [0.15, 0.2) is 5.43 Å². The van der Waals surface area contributed by atoms with Gasteiger partial charge in [-0.05, 0) is 49.7 Å². The lowest BCUT2D eigenvalue weighted by atomic mass is 10.1. The molecular formula is C26H21N3O4. The predicted molar refractivity (Wildman–Crippen MR) is 125 cm³/mol. The molecule has 3 aromatic carbocycles. The van der Waals surface area contributed by atoms with Crippen LogP contribution < -0.4 is 10.9 Å². The lowest BCUT2D eigenvalue weighted by Crippen LogP contribution is -2.45. The highest BCUT2D eigenvalue weighted by Gasteiger charge is 2.36. The Morgan fingerprint density at radius 1 is 0.818 bits per heavy atom. The molecule has 0 spiro atoms. The third-order valence-electron chi connectivity index (χ3n) is 5.94. The first-order chi connectivity index (χ1) is 16.0. The van der Waals surface area contributed by atoms with Crippen LogP contribution in [0.4, 0.5) is 0 Å². The van der Waals surface area contributed by atoms with Gasteiger partial charge < -0.3 is 4.57 Å². The number of aromatic nitrogens is 1. The van der Waals surface area contributed by atoms with Crippen LogP contribution in [0.5, 0.6) is 0 Å². The van der Waals surface area contributed by atoms with Gasteiger partial charge in [0.05, 0.1) is 22.2 Å². The number of rotatable bonds is 5. The molecular weight excluding hydrogens is 418 g/mol. The van der Waals surface area contributed by atoms with Crippen molar-refractivity contribution in [3.05, 3.63) is 93.6 Å². The van der Waals surface area contributed by atoms with Crippen molar-refractivity contribution in [3.63, 3.8) is 0 Å². The Labute approximate surface area is 189 Å². The van der Waals surface area contributed by atoms with Crippen molar-refractivity contribution in [3.8, 4) is 0 Å². The smallest absolute Gasteiger partial charge is 0.280 e. The van der Waals surface area contributed by atoms with E-state index in [1.54, 1.807) is 24.3 Å². The van der Waals surface area contributed by atoms with Crippen LogP contribution >= 0.6 is 0 Å². The predicted octanol–water partition coefficient (Wildman–Crippen LogP) is 3.57. The third-order valence-corrected chi connectivity index (χ3v) is 5.94. The summed E-state index contributed by atoms with van der Waals surface area (Å²) in [6, 6.07) is 19.7. The van der Waals surface area contributed by atoms with Crippen LogP contribution in [0.2, 0.25) is 0 Å². The van der Waals surface area contributed by atoms with Gasteiger partial charge in [0, 0.05) is 23.7 Å². The highest BCUT2D eigenvalue weighted by Crippen LogP contribution is 2.22. The molecule has 4 aromatic rings. The van der Waals surface area contributed by atoms with Crippen molar-refractivity contribution in [1.29, 1.82) is 0 Å². The second-order valence-corrected chi connectivity index (χ2v) is 8.15. The summed E-state index contributed by atoms with van der Waals surface area (Å²) in [7, 11) is 0. The largest absolute Gasteiger partial charge is 0.340 e. The molecule has 1 aromatic heterocycles. The number of hydrogen-bond acceptors (Lipinski definition) is 4. The molecule has 0 fully saturated rings. The minimum Gasteiger partial charge on any atom is -0.340 e. The van der Waals surface area contributed by atoms with Crippen LogP contribution in [0.1, 0.15) is 39.1 Å². The van der Waals surface area contributed by atoms with Crippen molar-refractivity contribution in [2.24, 2.45) is 0 Å². The van der Waals surface area contributed by atoms with Gasteiger partial charge in [0.2, 0.25) is 5.91 Å². The summed E-state index contributed by atoms with van der Waals surface area (Å²) in [5.41, 5.74) is 5.61. The second-order valence-electron chi connectivity index (χ2n) is 8.15. The number of aryl methyl sites for hydroxylation is 2. The van der Waals surface area contributed by atoms with Crippen LogP contribution in [-0.2, 0) is 11.3 Å². The number of fused-ring (bicyclic) bond motifs is 3. The minimum absolute atomic E-state index is 0.0103. The zero-order valence-corrected chi connectivity index (χ0v) is 18.0. The maximum absolute atomic E-state index is 13.0. The maximum atomic E-state index is 13.0.